The van der Waals surface area contributed by atoms with Gasteiger partial charge in [-0.25, -0.2) is 18.4 Å². The van der Waals surface area contributed by atoms with Crippen molar-refractivity contribution < 1.29 is 28.2 Å². The van der Waals surface area contributed by atoms with Crippen LogP contribution in [0.25, 0.3) is 0 Å². The number of benzene rings is 2. The smallest absolute Gasteiger partial charge is 0.341 e. The van der Waals surface area contributed by atoms with Crippen LogP contribution in [0.2, 0.25) is 0 Å². The maximum atomic E-state index is 15.0. The lowest BCUT2D eigenvalue weighted by atomic mass is 9.93. The number of ether oxygens (including phenoxy) is 1. The zero-order chi connectivity index (χ0) is 24.7. The SMILES string of the molecule is CC(C)CN(c1cc(F)c(OCC(=O)O)cc1NC(=O)Nc1ccccc1F)C1CCCCC1. The van der Waals surface area contributed by atoms with Crippen LogP contribution in [0.5, 0.6) is 5.75 Å². The summed E-state index contributed by atoms with van der Waals surface area (Å²) in [6, 6.07) is 7.77. The normalized spacial score (nSPS) is 14.0. The Bertz CT molecular complexity index is 1010. The Morgan fingerprint density at radius 3 is 2.38 bits per heavy atom. The number of urea groups is 1. The fourth-order valence-electron chi connectivity index (χ4n) is 4.20. The van der Waals surface area contributed by atoms with Gasteiger partial charge in [-0.1, -0.05) is 45.2 Å². The number of aliphatic carboxylic acids is 1. The molecule has 7 nitrogen and oxygen atoms in total. The summed E-state index contributed by atoms with van der Waals surface area (Å²) >= 11 is 0. The van der Waals surface area contributed by atoms with Crippen molar-refractivity contribution in [2.24, 2.45) is 5.92 Å². The Morgan fingerprint density at radius 1 is 1.06 bits per heavy atom. The van der Waals surface area contributed by atoms with Crippen LogP contribution in [0.15, 0.2) is 36.4 Å². The van der Waals surface area contributed by atoms with Gasteiger partial charge in [0.2, 0.25) is 0 Å². The maximum Gasteiger partial charge on any atom is 0.341 e. The van der Waals surface area contributed by atoms with E-state index in [0.717, 1.165) is 32.1 Å². The Morgan fingerprint density at radius 2 is 1.74 bits per heavy atom. The third-order valence-electron chi connectivity index (χ3n) is 5.66. The first-order chi connectivity index (χ1) is 16.2. The minimum atomic E-state index is -1.25. The van der Waals surface area contributed by atoms with Crippen LogP contribution in [0.1, 0.15) is 46.0 Å². The summed E-state index contributed by atoms with van der Waals surface area (Å²) in [6.07, 6.45) is 5.19. The van der Waals surface area contributed by atoms with Crippen LogP contribution in [-0.2, 0) is 4.79 Å². The number of carboxylic acid groups (broad SMARTS) is 1. The highest BCUT2D eigenvalue weighted by molar-refractivity contribution is 6.02. The van der Waals surface area contributed by atoms with E-state index in [9.17, 15) is 18.4 Å². The van der Waals surface area contributed by atoms with Gasteiger partial charge in [0, 0.05) is 24.7 Å². The van der Waals surface area contributed by atoms with Gasteiger partial charge in [-0.15, -0.1) is 0 Å². The molecule has 1 fully saturated rings. The van der Waals surface area contributed by atoms with Gasteiger partial charge in [-0.05, 0) is 30.9 Å². The largest absolute Gasteiger partial charge is 0.479 e. The van der Waals surface area contributed by atoms with E-state index in [1.807, 2.05) is 0 Å². The number of nitrogens with one attached hydrogen (secondary N) is 2. The van der Waals surface area contributed by atoms with Crippen LogP contribution in [-0.4, -0.2) is 36.3 Å². The summed E-state index contributed by atoms with van der Waals surface area (Å²) in [5.74, 6) is -2.58. The molecular formula is C25H31F2N3O4. The standard InChI is InChI=1S/C25H31F2N3O4/c1-16(2)14-30(17-8-4-3-5-9-17)22-12-19(27)23(34-15-24(31)32)13-21(22)29-25(33)28-20-11-7-6-10-18(20)26/h6-7,10-13,16-17H,3-5,8-9,14-15H2,1-2H3,(H,31,32)(H2,28,29,33). The lowest BCUT2D eigenvalue weighted by Gasteiger charge is -2.38. The monoisotopic (exact) mass is 475 g/mol. The molecule has 2 amide bonds. The van der Waals surface area contributed by atoms with Gasteiger partial charge in [0.05, 0.1) is 17.1 Å². The van der Waals surface area contributed by atoms with Crippen LogP contribution >= 0.6 is 0 Å². The first-order valence-electron chi connectivity index (χ1n) is 11.5. The number of rotatable bonds is 9. The van der Waals surface area contributed by atoms with Crippen LogP contribution in [0, 0.1) is 17.6 Å². The highest BCUT2D eigenvalue weighted by Crippen LogP contribution is 2.37. The number of carbonyl (C=O) groups excluding carboxylic acids is 1. The second-order valence-electron chi connectivity index (χ2n) is 8.88. The van der Waals surface area contributed by atoms with Crippen molar-refractivity contribution in [3.8, 4) is 5.75 Å². The molecule has 3 N–H and O–H groups in total. The first kappa shape index (κ1) is 25.3. The molecule has 0 aromatic heterocycles. The average molecular weight is 476 g/mol. The molecule has 1 saturated carbocycles. The molecule has 0 radical (unpaired) electrons. The number of nitrogens with zero attached hydrogens (tertiary/aromatic N) is 1. The van der Waals surface area contributed by atoms with Gasteiger partial charge in [-0.3, -0.25) is 0 Å². The molecule has 2 aromatic carbocycles. The fourth-order valence-corrected chi connectivity index (χ4v) is 4.20. The van der Waals surface area contributed by atoms with Gasteiger partial charge < -0.3 is 25.4 Å². The molecule has 0 heterocycles. The Balaban J connectivity index is 1.96. The predicted octanol–water partition coefficient (Wildman–Crippen LogP) is 5.87. The highest BCUT2D eigenvalue weighted by Gasteiger charge is 2.26. The molecule has 0 atom stereocenters. The molecule has 34 heavy (non-hydrogen) atoms. The summed E-state index contributed by atoms with van der Waals surface area (Å²) in [6.45, 7) is 4.04. The number of anilines is 3. The van der Waals surface area contributed by atoms with Crippen molar-refractivity contribution in [1.29, 1.82) is 0 Å². The van der Waals surface area contributed by atoms with E-state index in [-0.39, 0.29) is 29.1 Å². The number of hydrogen-bond donors (Lipinski definition) is 3. The lowest BCUT2D eigenvalue weighted by Crippen LogP contribution is -2.40. The molecule has 0 saturated heterocycles. The summed E-state index contributed by atoms with van der Waals surface area (Å²) in [4.78, 5) is 25.8. The van der Waals surface area contributed by atoms with Gasteiger partial charge in [0.1, 0.15) is 5.82 Å². The third kappa shape index (κ3) is 6.82. The number of carbonyl (C=O) groups is 2. The van der Waals surface area contributed by atoms with Crippen molar-refractivity contribution in [1.82, 2.24) is 0 Å². The van der Waals surface area contributed by atoms with E-state index in [2.05, 4.69) is 29.4 Å². The molecule has 184 valence electrons. The van der Waals surface area contributed by atoms with Crippen LogP contribution < -0.4 is 20.3 Å². The minimum Gasteiger partial charge on any atom is -0.479 e. The molecule has 0 spiro atoms. The third-order valence-corrected chi connectivity index (χ3v) is 5.66. The second-order valence-corrected chi connectivity index (χ2v) is 8.88. The first-order valence-corrected chi connectivity index (χ1v) is 11.5. The van der Waals surface area contributed by atoms with Crippen LogP contribution in [0.3, 0.4) is 0 Å². The summed E-state index contributed by atoms with van der Waals surface area (Å²) in [5, 5.41) is 14.1. The molecule has 1 aliphatic carbocycles. The Labute approximate surface area is 198 Å². The van der Waals surface area contributed by atoms with Crippen molar-refractivity contribution in [3.05, 3.63) is 48.0 Å². The summed E-state index contributed by atoms with van der Waals surface area (Å²) in [7, 11) is 0. The molecule has 9 heteroatoms. The number of para-hydroxylation sites is 1. The van der Waals surface area contributed by atoms with Crippen molar-refractivity contribution >= 4 is 29.1 Å². The quantitative estimate of drug-likeness (QED) is 0.422. The van der Waals surface area contributed by atoms with Crippen molar-refractivity contribution in [2.75, 3.05) is 28.7 Å². The lowest BCUT2D eigenvalue weighted by molar-refractivity contribution is -0.139. The predicted molar refractivity (Wildman–Crippen MR) is 128 cm³/mol. The van der Waals surface area contributed by atoms with E-state index in [0.29, 0.717) is 12.2 Å². The average Bonchev–Trinajstić information content (AvgIpc) is 2.79. The zero-order valence-corrected chi connectivity index (χ0v) is 19.4. The zero-order valence-electron chi connectivity index (χ0n) is 19.4. The molecular weight excluding hydrogens is 444 g/mol. The van der Waals surface area contributed by atoms with E-state index in [4.69, 9.17) is 9.84 Å². The minimum absolute atomic E-state index is 0.00247. The van der Waals surface area contributed by atoms with Gasteiger partial charge in [0.25, 0.3) is 0 Å². The topological polar surface area (TPSA) is 90.9 Å². The van der Waals surface area contributed by atoms with E-state index in [1.165, 1.54) is 30.3 Å². The number of carboxylic acids is 1. The summed E-state index contributed by atoms with van der Waals surface area (Å²) in [5.41, 5.74) is 0.726. The maximum absolute atomic E-state index is 15.0. The highest BCUT2D eigenvalue weighted by atomic mass is 19.1. The van der Waals surface area contributed by atoms with Gasteiger partial charge in [0.15, 0.2) is 18.2 Å². The number of halogens is 2. The molecule has 0 unspecified atom stereocenters. The van der Waals surface area contributed by atoms with E-state index in [1.54, 1.807) is 6.07 Å². The van der Waals surface area contributed by atoms with E-state index >= 15 is 0 Å². The van der Waals surface area contributed by atoms with Crippen LogP contribution in [0.4, 0.5) is 30.6 Å². The molecule has 3 rings (SSSR count). The van der Waals surface area contributed by atoms with E-state index < -0.39 is 30.2 Å². The van der Waals surface area contributed by atoms with Gasteiger partial charge in [-0.2, -0.15) is 0 Å². The van der Waals surface area contributed by atoms with Gasteiger partial charge >= 0.3 is 12.0 Å². The molecule has 0 aliphatic heterocycles. The Hall–Kier alpha value is -3.36. The molecule has 2 aromatic rings. The Kier molecular flexibility index (Phi) is 8.67. The summed E-state index contributed by atoms with van der Waals surface area (Å²) < 4.78 is 34.1. The molecule has 0 bridgehead atoms. The molecule has 1 aliphatic rings. The number of amides is 2. The fraction of sp³-hybridized carbons (Fsp3) is 0.440. The van der Waals surface area contributed by atoms with Crippen molar-refractivity contribution in [3.63, 3.8) is 0 Å². The van der Waals surface area contributed by atoms with Crippen molar-refractivity contribution in [2.45, 2.75) is 52.0 Å². The second kappa shape index (κ2) is 11.7. The number of hydrogen-bond acceptors (Lipinski definition) is 4.